The normalized spacial score (nSPS) is 13.7. The first kappa shape index (κ1) is 13.7. The summed E-state index contributed by atoms with van der Waals surface area (Å²) in [6.07, 6.45) is 0.904. The Kier molecular flexibility index (Phi) is 5.71. The van der Waals surface area contributed by atoms with Crippen LogP contribution in [0.2, 0.25) is 0 Å². The highest BCUT2D eigenvalue weighted by Crippen LogP contribution is 2.16. The summed E-state index contributed by atoms with van der Waals surface area (Å²) < 4.78 is 17.2. The van der Waals surface area contributed by atoms with E-state index in [1.165, 1.54) is 0 Å². The summed E-state index contributed by atoms with van der Waals surface area (Å²) in [7, 11) is -0.855. The van der Waals surface area contributed by atoms with Crippen LogP contribution >= 0.6 is 0 Å². The highest BCUT2D eigenvalue weighted by molar-refractivity contribution is 7.85. The van der Waals surface area contributed by atoms with Gasteiger partial charge in [0.05, 0.1) is 17.9 Å². The van der Waals surface area contributed by atoms with Gasteiger partial charge in [0.25, 0.3) is 0 Å². The zero-order valence-electron chi connectivity index (χ0n) is 10.2. The van der Waals surface area contributed by atoms with Gasteiger partial charge in [-0.05, 0) is 18.6 Å². The molecule has 4 heteroatoms. The maximum atomic E-state index is 11.7. The van der Waals surface area contributed by atoms with Crippen LogP contribution in [0.25, 0.3) is 0 Å². The number of hydrogen-bond donors (Lipinski definition) is 0. The maximum absolute atomic E-state index is 11.7. The molecule has 0 bridgehead atoms. The predicted octanol–water partition coefficient (Wildman–Crippen LogP) is 2.48. The Bertz CT molecular complexity index is 426. The molecule has 2 atom stereocenters. The van der Waals surface area contributed by atoms with Crippen LogP contribution in [0.4, 0.5) is 0 Å². The highest BCUT2D eigenvalue weighted by Gasteiger charge is 2.09. The van der Waals surface area contributed by atoms with Crippen molar-refractivity contribution in [2.75, 3.05) is 12.4 Å². The van der Waals surface area contributed by atoms with Crippen molar-refractivity contribution in [3.63, 3.8) is 0 Å². The Balaban J connectivity index is 2.47. The maximum Gasteiger partial charge on any atom is 0.137 e. The number of ether oxygens (including phenoxy) is 1. The lowest BCUT2D eigenvalue weighted by atomic mass is 10.2. The summed E-state index contributed by atoms with van der Waals surface area (Å²) in [6.45, 7) is 4.38. The summed E-state index contributed by atoms with van der Waals surface area (Å²) in [5.41, 5.74) is 0.516. The minimum atomic E-state index is -0.855. The number of benzene rings is 1. The van der Waals surface area contributed by atoms with E-state index in [0.29, 0.717) is 23.7 Å². The van der Waals surface area contributed by atoms with E-state index in [9.17, 15) is 4.21 Å². The molecule has 92 valence electrons. The molecule has 1 rings (SSSR count). The van der Waals surface area contributed by atoms with Gasteiger partial charge in [0.1, 0.15) is 11.8 Å². The van der Waals surface area contributed by atoms with E-state index in [2.05, 4.69) is 6.07 Å². The van der Waals surface area contributed by atoms with Gasteiger partial charge in [-0.1, -0.05) is 26.0 Å². The Morgan fingerprint density at radius 3 is 2.82 bits per heavy atom. The number of nitrogens with zero attached hydrogens (tertiary/aromatic N) is 1. The zero-order chi connectivity index (χ0) is 12.7. The lowest BCUT2D eigenvalue weighted by molar-refractivity contribution is 0.341. The fourth-order valence-electron chi connectivity index (χ4n) is 1.31. The topological polar surface area (TPSA) is 50.1 Å². The van der Waals surface area contributed by atoms with Gasteiger partial charge >= 0.3 is 0 Å². The second-order valence-electron chi connectivity index (χ2n) is 3.76. The van der Waals surface area contributed by atoms with E-state index in [4.69, 9.17) is 10.00 Å². The molecule has 3 nitrogen and oxygen atoms in total. The van der Waals surface area contributed by atoms with Crippen LogP contribution in [0.15, 0.2) is 24.3 Å². The largest absolute Gasteiger partial charge is 0.491 e. The smallest absolute Gasteiger partial charge is 0.137 e. The zero-order valence-corrected chi connectivity index (χ0v) is 11.0. The monoisotopic (exact) mass is 251 g/mol. The van der Waals surface area contributed by atoms with Crippen molar-refractivity contribution in [2.24, 2.45) is 0 Å². The summed E-state index contributed by atoms with van der Waals surface area (Å²) in [5, 5.41) is 9.06. The van der Waals surface area contributed by atoms with E-state index in [1.54, 1.807) is 18.2 Å². The first-order valence-corrected chi connectivity index (χ1v) is 7.06. The van der Waals surface area contributed by atoms with Crippen LogP contribution in [0.5, 0.6) is 5.75 Å². The Morgan fingerprint density at radius 2 is 2.18 bits per heavy atom. The third-order valence-electron chi connectivity index (χ3n) is 2.57. The molecular weight excluding hydrogens is 234 g/mol. The molecule has 0 radical (unpaired) electrons. The second kappa shape index (κ2) is 7.08. The van der Waals surface area contributed by atoms with Crippen LogP contribution in [0, 0.1) is 11.3 Å². The molecular formula is C13H17NO2S. The standard InChI is InChI=1S/C13H17NO2S/c1-3-11(2)17(15)9-8-16-13-7-5-4-6-12(13)10-14/h4-7,11H,3,8-9H2,1-2H3. The molecule has 0 aliphatic rings. The lowest BCUT2D eigenvalue weighted by Gasteiger charge is -2.10. The van der Waals surface area contributed by atoms with E-state index in [0.717, 1.165) is 6.42 Å². The van der Waals surface area contributed by atoms with E-state index < -0.39 is 10.8 Å². The summed E-state index contributed by atoms with van der Waals surface area (Å²) in [6, 6.07) is 9.15. The molecule has 1 aromatic rings. The predicted molar refractivity (Wildman–Crippen MR) is 69.4 cm³/mol. The SMILES string of the molecule is CCC(C)S(=O)CCOc1ccccc1C#N. The van der Waals surface area contributed by atoms with Crippen molar-refractivity contribution in [1.29, 1.82) is 5.26 Å². The van der Waals surface area contributed by atoms with Crippen molar-refractivity contribution in [2.45, 2.75) is 25.5 Å². The number of nitriles is 1. The van der Waals surface area contributed by atoms with Crippen LogP contribution in [-0.4, -0.2) is 21.8 Å². The van der Waals surface area contributed by atoms with Crippen LogP contribution in [-0.2, 0) is 10.8 Å². The van der Waals surface area contributed by atoms with E-state index in [-0.39, 0.29) is 5.25 Å². The quantitative estimate of drug-likeness (QED) is 0.780. The van der Waals surface area contributed by atoms with Gasteiger partial charge in [-0.2, -0.15) is 5.26 Å². The average Bonchev–Trinajstić information content (AvgIpc) is 2.38. The third-order valence-corrected chi connectivity index (χ3v) is 4.37. The van der Waals surface area contributed by atoms with Crippen molar-refractivity contribution in [1.82, 2.24) is 0 Å². The minimum Gasteiger partial charge on any atom is -0.491 e. The van der Waals surface area contributed by atoms with E-state index in [1.807, 2.05) is 19.9 Å². The molecule has 0 aliphatic heterocycles. The molecule has 2 unspecified atom stereocenters. The molecule has 0 fully saturated rings. The second-order valence-corrected chi connectivity index (χ2v) is 5.73. The van der Waals surface area contributed by atoms with Crippen molar-refractivity contribution in [3.8, 4) is 11.8 Å². The number of para-hydroxylation sites is 1. The molecule has 0 aliphatic carbocycles. The molecule has 0 spiro atoms. The fourth-order valence-corrected chi connectivity index (χ4v) is 2.33. The van der Waals surface area contributed by atoms with Gasteiger partial charge in [-0.15, -0.1) is 0 Å². The van der Waals surface area contributed by atoms with Crippen LogP contribution < -0.4 is 4.74 Å². The van der Waals surface area contributed by atoms with Crippen molar-refractivity contribution < 1.29 is 8.95 Å². The van der Waals surface area contributed by atoms with Crippen molar-refractivity contribution >= 4 is 10.8 Å². The van der Waals surface area contributed by atoms with Gasteiger partial charge in [-0.3, -0.25) is 4.21 Å². The molecule has 0 heterocycles. The lowest BCUT2D eigenvalue weighted by Crippen LogP contribution is -2.17. The molecule has 0 saturated heterocycles. The van der Waals surface area contributed by atoms with Gasteiger partial charge in [0.2, 0.25) is 0 Å². The molecule has 0 amide bonds. The average molecular weight is 251 g/mol. The van der Waals surface area contributed by atoms with Gasteiger partial charge in [-0.25, -0.2) is 0 Å². The number of rotatable bonds is 6. The van der Waals surface area contributed by atoms with Gasteiger partial charge in [0.15, 0.2) is 0 Å². The molecule has 17 heavy (non-hydrogen) atoms. The minimum absolute atomic E-state index is 0.199. The molecule has 0 saturated carbocycles. The summed E-state index contributed by atoms with van der Waals surface area (Å²) >= 11 is 0. The highest BCUT2D eigenvalue weighted by atomic mass is 32.2. The molecule has 0 N–H and O–H groups in total. The third kappa shape index (κ3) is 4.20. The van der Waals surface area contributed by atoms with Crippen molar-refractivity contribution in [3.05, 3.63) is 29.8 Å². The molecule has 0 aromatic heterocycles. The van der Waals surface area contributed by atoms with Crippen LogP contribution in [0.1, 0.15) is 25.8 Å². The Hall–Kier alpha value is -1.34. The van der Waals surface area contributed by atoms with Gasteiger partial charge in [0, 0.05) is 16.0 Å². The number of hydrogen-bond acceptors (Lipinski definition) is 3. The summed E-state index contributed by atoms with van der Waals surface area (Å²) in [4.78, 5) is 0. The molecule has 1 aromatic carbocycles. The fraction of sp³-hybridized carbons (Fsp3) is 0.462. The van der Waals surface area contributed by atoms with Crippen LogP contribution in [0.3, 0.4) is 0 Å². The van der Waals surface area contributed by atoms with E-state index >= 15 is 0 Å². The first-order valence-electron chi connectivity index (χ1n) is 5.68. The van der Waals surface area contributed by atoms with Gasteiger partial charge < -0.3 is 4.74 Å². The Morgan fingerprint density at radius 1 is 1.47 bits per heavy atom. The first-order chi connectivity index (χ1) is 8.19. The Labute approximate surface area is 105 Å². The summed E-state index contributed by atoms with van der Waals surface area (Å²) in [5.74, 6) is 1.07.